The maximum absolute atomic E-state index is 12.8. The lowest BCUT2D eigenvalue weighted by molar-refractivity contribution is -0.119. The number of anilines is 1. The first-order chi connectivity index (χ1) is 8.13. The number of amides is 3. The van der Waals surface area contributed by atoms with Gasteiger partial charge >= 0.3 is 6.03 Å². The fourth-order valence-corrected chi connectivity index (χ4v) is 1.29. The van der Waals surface area contributed by atoms with Crippen molar-refractivity contribution in [1.82, 2.24) is 10.6 Å². The maximum atomic E-state index is 12.8. The van der Waals surface area contributed by atoms with Gasteiger partial charge in [-0.15, -0.1) is 0 Å². The lowest BCUT2D eigenvalue weighted by Gasteiger charge is -2.14. The molecule has 6 nitrogen and oxygen atoms in total. The molecular formula is C10H9FN4O2. The molecule has 0 unspecified atom stereocenters. The molecule has 0 spiro atoms. The second kappa shape index (κ2) is 4.60. The second-order valence-corrected chi connectivity index (χ2v) is 3.36. The Kier molecular flexibility index (Phi) is 2.99. The molecule has 2 rings (SSSR count). The minimum absolute atomic E-state index is 0.0337. The Balaban J connectivity index is 2.05. The predicted molar refractivity (Wildman–Crippen MR) is 58.7 cm³/mol. The van der Waals surface area contributed by atoms with Gasteiger partial charge in [0.1, 0.15) is 11.7 Å². The van der Waals surface area contributed by atoms with E-state index in [2.05, 4.69) is 21.2 Å². The summed E-state index contributed by atoms with van der Waals surface area (Å²) in [5.74, 6) is -0.655. The zero-order valence-electron chi connectivity index (χ0n) is 8.66. The zero-order chi connectivity index (χ0) is 12.3. The molecule has 0 aliphatic carbocycles. The number of carbonyl (C=O) groups is 2. The van der Waals surface area contributed by atoms with Crippen molar-refractivity contribution >= 4 is 23.5 Å². The summed E-state index contributed by atoms with van der Waals surface area (Å²) in [6.07, 6.45) is -0.0337. The van der Waals surface area contributed by atoms with Gasteiger partial charge in [-0.2, -0.15) is 5.10 Å². The number of benzene rings is 1. The molecule has 1 aromatic carbocycles. The topological polar surface area (TPSA) is 82.6 Å². The van der Waals surface area contributed by atoms with Crippen LogP contribution in [0.1, 0.15) is 6.42 Å². The Morgan fingerprint density at radius 3 is 2.82 bits per heavy atom. The van der Waals surface area contributed by atoms with Crippen molar-refractivity contribution in [2.75, 3.05) is 5.43 Å². The van der Waals surface area contributed by atoms with E-state index in [1.54, 1.807) is 6.07 Å². The average Bonchev–Trinajstić information content (AvgIpc) is 2.25. The van der Waals surface area contributed by atoms with Gasteiger partial charge in [0.25, 0.3) is 0 Å². The third kappa shape index (κ3) is 3.00. The summed E-state index contributed by atoms with van der Waals surface area (Å²) < 4.78 is 12.8. The smallest absolute Gasteiger partial charge is 0.294 e. The number of nitrogens with one attached hydrogen (secondary N) is 3. The van der Waals surface area contributed by atoms with E-state index in [0.717, 1.165) is 0 Å². The van der Waals surface area contributed by atoms with E-state index in [1.807, 2.05) is 0 Å². The van der Waals surface area contributed by atoms with Crippen molar-refractivity contribution in [3.05, 3.63) is 30.1 Å². The summed E-state index contributed by atoms with van der Waals surface area (Å²) in [6, 6.07) is 5.05. The van der Waals surface area contributed by atoms with Crippen molar-refractivity contribution in [1.29, 1.82) is 0 Å². The normalized spacial score (nSPS) is 17.6. The number of amidine groups is 1. The molecule has 0 saturated carbocycles. The van der Waals surface area contributed by atoms with Crippen molar-refractivity contribution < 1.29 is 14.0 Å². The summed E-state index contributed by atoms with van der Waals surface area (Å²) in [6.45, 7) is 0. The molecule has 1 heterocycles. The van der Waals surface area contributed by atoms with E-state index in [0.29, 0.717) is 5.69 Å². The first-order valence-corrected chi connectivity index (χ1v) is 4.82. The standard InChI is InChI=1S/C10H9FN4O2/c11-6-2-1-3-7(4-6)14-15-8-5-9(16)13-10(17)12-8/h1-4,14H,5H2,(H2,12,13,15,16,17). The highest BCUT2D eigenvalue weighted by molar-refractivity contribution is 6.16. The third-order valence-electron chi connectivity index (χ3n) is 1.98. The van der Waals surface area contributed by atoms with Gasteiger partial charge in [0.15, 0.2) is 0 Å². The zero-order valence-corrected chi connectivity index (χ0v) is 8.66. The van der Waals surface area contributed by atoms with Crippen LogP contribution in [0.15, 0.2) is 29.4 Å². The molecule has 3 N–H and O–H groups in total. The van der Waals surface area contributed by atoms with Crippen LogP contribution in [0.5, 0.6) is 0 Å². The number of nitrogens with zero attached hydrogens (tertiary/aromatic N) is 1. The molecule has 1 aromatic rings. The summed E-state index contributed by atoms with van der Waals surface area (Å²) in [5.41, 5.74) is 2.98. The molecule has 3 amide bonds. The molecule has 0 bridgehead atoms. The van der Waals surface area contributed by atoms with E-state index in [4.69, 9.17) is 0 Å². The van der Waals surface area contributed by atoms with Gasteiger partial charge in [0.05, 0.1) is 12.1 Å². The summed E-state index contributed by atoms with van der Waals surface area (Å²) in [7, 11) is 0. The molecule has 0 atom stereocenters. The van der Waals surface area contributed by atoms with E-state index in [1.165, 1.54) is 18.2 Å². The van der Waals surface area contributed by atoms with E-state index in [9.17, 15) is 14.0 Å². The van der Waals surface area contributed by atoms with Gasteiger partial charge in [-0.25, -0.2) is 9.18 Å². The predicted octanol–water partition coefficient (Wildman–Crippen LogP) is 0.781. The first kappa shape index (κ1) is 11.1. The average molecular weight is 236 g/mol. The van der Waals surface area contributed by atoms with E-state index >= 15 is 0 Å². The highest BCUT2D eigenvalue weighted by Gasteiger charge is 2.19. The molecular weight excluding hydrogens is 227 g/mol. The minimum atomic E-state index is -0.624. The largest absolute Gasteiger partial charge is 0.326 e. The first-order valence-electron chi connectivity index (χ1n) is 4.82. The summed E-state index contributed by atoms with van der Waals surface area (Å²) in [5, 5.41) is 8.22. The van der Waals surface area contributed by atoms with E-state index < -0.39 is 17.8 Å². The van der Waals surface area contributed by atoms with Crippen LogP contribution >= 0.6 is 0 Å². The van der Waals surface area contributed by atoms with Crippen LogP contribution in [0.2, 0.25) is 0 Å². The van der Waals surface area contributed by atoms with Gasteiger partial charge in [0.2, 0.25) is 5.91 Å². The number of hydrogen-bond acceptors (Lipinski definition) is 4. The number of hydrogen-bond donors (Lipinski definition) is 3. The Morgan fingerprint density at radius 2 is 2.12 bits per heavy atom. The van der Waals surface area contributed by atoms with Crippen LogP contribution in [-0.2, 0) is 4.79 Å². The van der Waals surface area contributed by atoms with Gasteiger partial charge < -0.3 is 0 Å². The Bertz CT molecular complexity index is 483. The fraction of sp³-hybridized carbons (Fsp3) is 0.100. The Morgan fingerprint density at radius 1 is 1.29 bits per heavy atom. The lowest BCUT2D eigenvalue weighted by Crippen LogP contribution is -2.50. The molecule has 0 radical (unpaired) electrons. The van der Waals surface area contributed by atoms with Gasteiger partial charge in [-0.3, -0.25) is 20.9 Å². The van der Waals surface area contributed by atoms with Gasteiger partial charge in [0, 0.05) is 0 Å². The summed E-state index contributed by atoms with van der Waals surface area (Å²) in [4.78, 5) is 21.9. The molecule has 0 aromatic heterocycles. The molecule has 1 saturated heterocycles. The van der Waals surface area contributed by atoms with Crippen LogP contribution in [0.3, 0.4) is 0 Å². The second-order valence-electron chi connectivity index (χ2n) is 3.36. The number of rotatable bonds is 2. The monoisotopic (exact) mass is 236 g/mol. The lowest BCUT2D eigenvalue weighted by atomic mass is 10.3. The number of hydrazone groups is 1. The third-order valence-corrected chi connectivity index (χ3v) is 1.98. The van der Waals surface area contributed by atoms with Crippen LogP contribution in [0.4, 0.5) is 14.9 Å². The number of imide groups is 1. The van der Waals surface area contributed by atoms with Crippen molar-refractivity contribution in [2.24, 2.45) is 5.10 Å². The fourth-order valence-electron chi connectivity index (χ4n) is 1.29. The van der Waals surface area contributed by atoms with Crippen LogP contribution in [0, 0.1) is 5.82 Å². The number of carbonyl (C=O) groups excluding carboxylic acids is 2. The molecule has 7 heteroatoms. The van der Waals surface area contributed by atoms with Gasteiger partial charge in [-0.1, -0.05) is 6.07 Å². The molecule has 1 fully saturated rings. The number of urea groups is 1. The molecule has 17 heavy (non-hydrogen) atoms. The van der Waals surface area contributed by atoms with Crippen LogP contribution in [-0.4, -0.2) is 17.8 Å². The Hall–Kier alpha value is -2.44. The highest BCUT2D eigenvalue weighted by Crippen LogP contribution is 2.08. The number of halogens is 1. The van der Waals surface area contributed by atoms with Gasteiger partial charge in [-0.05, 0) is 18.2 Å². The summed E-state index contributed by atoms with van der Waals surface area (Å²) >= 11 is 0. The SMILES string of the molecule is O=C1CC(=NNc2cccc(F)c2)NC(=O)N1. The quantitative estimate of drug-likeness (QED) is 0.663. The van der Waals surface area contributed by atoms with Crippen LogP contribution < -0.4 is 16.1 Å². The molecule has 88 valence electrons. The Labute approximate surface area is 95.9 Å². The molecule has 1 aliphatic heterocycles. The highest BCUT2D eigenvalue weighted by atomic mass is 19.1. The minimum Gasteiger partial charge on any atom is -0.294 e. The molecule has 1 aliphatic rings. The van der Waals surface area contributed by atoms with Crippen molar-refractivity contribution in [3.63, 3.8) is 0 Å². The van der Waals surface area contributed by atoms with E-state index in [-0.39, 0.29) is 12.3 Å². The van der Waals surface area contributed by atoms with Crippen molar-refractivity contribution in [3.8, 4) is 0 Å². The maximum Gasteiger partial charge on any atom is 0.326 e. The van der Waals surface area contributed by atoms with Crippen molar-refractivity contribution in [2.45, 2.75) is 6.42 Å². The van der Waals surface area contributed by atoms with Crippen LogP contribution in [0.25, 0.3) is 0 Å².